The number of nitrogens with one attached hydrogen (secondary N) is 1. The zero-order valence-electron chi connectivity index (χ0n) is 11.6. The fourth-order valence-electron chi connectivity index (χ4n) is 2.19. The first kappa shape index (κ1) is 15.6. The zero-order chi connectivity index (χ0) is 15.5. The summed E-state index contributed by atoms with van der Waals surface area (Å²) in [5.74, 6) is -0.616. The van der Waals surface area contributed by atoms with Crippen LogP contribution in [0.1, 0.15) is 12.5 Å². The van der Waals surface area contributed by atoms with Crippen molar-refractivity contribution < 1.29 is 22.7 Å². The van der Waals surface area contributed by atoms with E-state index >= 15 is 0 Å². The summed E-state index contributed by atoms with van der Waals surface area (Å²) < 4.78 is 43.9. The van der Waals surface area contributed by atoms with Crippen LogP contribution in [0.25, 0.3) is 0 Å². The standard InChI is InChI=1S/C14H17F3N2O2/c1-10(13(20)19-8-6-18-7-9-19)21-12-5-3-2-4-11(12)14(15,16)17/h2-5,10,18H,6-9H2,1H3. The molecule has 0 radical (unpaired) electrons. The Bertz CT molecular complexity index is 499. The molecule has 4 nitrogen and oxygen atoms in total. The van der Waals surface area contributed by atoms with Gasteiger partial charge in [0.05, 0.1) is 5.56 Å². The first-order valence-electron chi connectivity index (χ1n) is 6.72. The van der Waals surface area contributed by atoms with Gasteiger partial charge in [-0.2, -0.15) is 13.2 Å². The number of amides is 1. The molecule has 1 fully saturated rings. The van der Waals surface area contributed by atoms with Crippen LogP contribution in [0.5, 0.6) is 5.75 Å². The first-order valence-corrected chi connectivity index (χ1v) is 6.72. The highest BCUT2D eigenvalue weighted by molar-refractivity contribution is 5.81. The third-order valence-corrected chi connectivity index (χ3v) is 3.27. The molecule has 1 heterocycles. The van der Waals surface area contributed by atoms with Crippen molar-refractivity contribution in [2.24, 2.45) is 0 Å². The fourth-order valence-corrected chi connectivity index (χ4v) is 2.19. The van der Waals surface area contributed by atoms with Crippen molar-refractivity contribution in [2.45, 2.75) is 19.2 Å². The molecule has 1 N–H and O–H groups in total. The van der Waals surface area contributed by atoms with Gasteiger partial charge >= 0.3 is 6.18 Å². The highest BCUT2D eigenvalue weighted by Gasteiger charge is 2.35. The number of benzene rings is 1. The predicted octanol–water partition coefficient (Wildman–Crippen LogP) is 1.90. The molecule has 0 bridgehead atoms. The molecule has 1 atom stereocenters. The van der Waals surface area contributed by atoms with Crippen LogP contribution in [0, 0.1) is 0 Å². The minimum Gasteiger partial charge on any atom is -0.480 e. The Morgan fingerprint density at radius 1 is 1.29 bits per heavy atom. The summed E-state index contributed by atoms with van der Waals surface area (Å²) >= 11 is 0. The van der Waals surface area contributed by atoms with E-state index in [-0.39, 0.29) is 11.7 Å². The van der Waals surface area contributed by atoms with Crippen molar-refractivity contribution in [1.82, 2.24) is 10.2 Å². The molecule has 1 aromatic rings. The Labute approximate surface area is 120 Å². The monoisotopic (exact) mass is 302 g/mol. The summed E-state index contributed by atoms with van der Waals surface area (Å²) in [4.78, 5) is 13.7. The number of carbonyl (C=O) groups excluding carboxylic acids is 1. The topological polar surface area (TPSA) is 41.6 Å². The van der Waals surface area contributed by atoms with Crippen molar-refractivity contribution in [1.29, 1.82) is 0 Å². The SMILES string of the molecule is CC(Oc1ccccc1C(F)(F)F)C(=O)N1CCNCC1. The molecule has 1 amide bonds. The largest absolute Gasteiger partial charge is 0.480 e. The maximum atomic E-state index is 12.9. The highest BCUT2D eigenvalue weighted by atomic mass is 19.4. The summed E-state index contributed by atoms with van der Waals surface area (Å²) in [6, 6.07) is 4.91. The third-order valence-electron chi connectivity index (χ3n) is 3.27. The van der Waals surface area contributed by atoms with E-state index in [2.05, 4.69) is 5.32 Å². The second-order valence-electron chi connectivity index (χ2n) is 4.83. The number of alkyl halides is 3. The molecule has 1 aliphatic rings. The van der Waals surface area contributed by atoms with Crippen LogP contribution in [0.4, 0.5) is 13.2 Å². The van der Waals surface area contributed by atoms with Gasteiger partial charge in [-0.15, -0.1) is 0 Å². The van der Waals surface area contributed by atoms with Gasteiger partial charge < -0.3 is 15.0 Å². The zero-order valence-corrected chi connectivity index (χ0v) is 11.6. The molecule has 1 unspecified atom stereocenters. The Balaban J connectivity index is 2.09. The van der Waals surface area contributed by atoms with Gasteiger partial charge in [-0.3, -0.25) is 4.79 Å². The predicted molar refractivity (Wildman–Crippen MR) is 71.0 cm³/mol. The molecule has 2 rings (SSSR count). The lowest BCUT2D eigenvalue weighted by molar-refractivity contribution is -0.143. The molecule has 0 saturated carbocycles. The van der Waals surface area contributed by atoms with Crippen LogP contribution in [0.2, 0.25) is 0 Å². The quantitative estimate of drug-likeness (QED) is 0.927. The third kappa shape index (κ3) is 3.87. The van der Waals surface area contributed by atoms with Gasteiger partial charge in [0.15, 0.2) is 6.10 Å². The van der Waals surface area contributed by atoms with E-state index in [0.717, 1.165) is 6.07 Å². The van der Waals surface area contributed by atoms with Gasteiger partial charge in [-0.25, -0.2) is 0 Å². The molecule has 0 aromatic heterocycles. The molecular weight excluding hydrogens is 285 g/mol. The van der Waals surface area contributed by atoms with E-state index in [1.807, 2.05) is 0 Å². The molecule has 0 spiro atoms. The first-order chi connectivity index (χ1) is 9.89. The van der Waals surface area contributed by atoms with Crippen molar-refractivity contribution in [3.05, 3.63) is 29.8 Å². The van der Waals surface area contributed by atoms with E-state index in [1.54, 1.807) is 4.90 Å². The minimum absolute atomic E-state index is 0.298. The summed E-state index contributed by atoms with van der Waals surface area (Å²) in [7, 11) is 0. The summed E-state index contributed by atoms with van der Waals surface area (Å²) in [6.07, 6.45) is -5.46. The lowest BCUT2D eigenvalue weighted by Crippen LogP contribution is -2.50. The van der Waals surface area contributed by atoms with Gasteiger partial charge in [0.1, 0.15) is 5.75 Å². The van der Waals surface area contributed by atoms with Crippen LogP contribution in [-0.2, 0) is 11.0 Å². The highest BCUT2D eigenvalue weighted by Crippen LogP contribution is 2.36. The van der Waals surface area contributed by atoms with E-state index in [0.29, 0.717) is 26.2 Å². The number of rotatable bonds is 3. The van der Waals surface area contributed by atoms with E-state index in [9.17, 15) is 18.0 Å². The van der Waals surface area contributed by atoms with Crippen molar-refractivity contribution in [2.75, 3.05) is 26.2 Å². The van der Waals surface area contributed by atoms with Crippen molar-refractivity contribution in [3.63, 3.8) is 0 Å². The van der Waals surface area contributed by atoms with E-state index in [1.165, 1.54) is 25.1 Å². The molecule has 21 heavy (non-hydrogen) atoms. The number of hydrogen-bond donors (Lipinski definition) is 1. The maximum Gasteiger partial charge on any atom is 0.419 e. The molecule has 7 heteroatoms. The molecule has 116 valence electrons. The van der Waals surface area contributed by atoms with Crippen molar-refractivity contribution in [3.8, 4) is 5.75 Å². The molecule has 0 aliphatic carbocycles. The van der Waals surface area contributed by atoms with E-state index < -0.39 is 17.8 Å². The smallest absolute Gasteiger partial charge is 0.419 e. The fraction of sp³-hybridized carbons (Fsp3) is 0.500. The van der Waals surface area contributed by atoms with E-state index in [4.69, 9.17) is 4.74 Å². The van der Waals surface area contributed by atoms with Crippen LogP contribution in [-0.4, -0.2) is 43.1 Å². The number of piperazine rings is 1. The molecular formula is C14H17F3N2O2. The number of hydrogen-bond acceptors (Lipinski definition) is 3. The van der Waals surface area contributed by atoms with Gasteiger partial charge in [0, 0.05) is 26.2 Å². The maximum absolute atomic E-state index is 12.9. The number of carbonyl (C=O) groups is 1. The lowest BCUT2D eigenvalue weighted by atomic mass is 10.2. The van der Waals surface area contributed by atoms with Gasteiger partial charge in [-0.05, 0) is 19.1 Å². The normalized spacial score (nSPS) is 17.4. The summed E-state index contributed by atoms with van der Waals surface area (Å²) in [5.41, 5.74) is -0.870. The molecule has 1 saturated heterocycles. The van der Waals surface area contributed by atoms with Gasteiger partial charge in [0.2, 0.25) is 0 Å². The molecule has 1 aliphatic heterocycles. The Morgan fingerprint density at radius 3 is 2.52 bits per heavy atom. The Morgan fingerprint density at radius 2 is 1.90 bits per heavy atom. The second kappa shape index (κ2) is 6.34. The summed E-state index contributed by atoms with van der Waals surface area (Å²) in [6.45, 7) is 3.90. The van der Waals surface area contributed by atoms with Crippen molar-refractivity contribution >= 4 is 5.91 Å². The van der Waals surface area contributed by atoms with Crippen LogP contribution >= 0.6 is 0 Å². The summed E-state index contributed by atoms with van der Waals surface area (Å²) in [5, 5.41) is 3.10. The lowest BCUT2D eigenvalue weighted by Gasteiger charge is -2.30. The minimum atomic E-state index is -4.51. The van der Waals surface area contributed by atoms with Crippen LogP contribution in [0.3, 0.4) is 0 Å². The van der Waals surface area contributed by atoms with Crippen LogP contribution in [0.15, 0.2) is 24.3 Å². The average Bonchev–Trinajstić information content (AvgIpc) is 2.47. The second-order valence-corrected chi connectivity index (χ2v) is 4.83. The van der Waals surface area contributed by atoms with Crippen LogP contribution < -0.4 is 10.1 Å². The number of nitrogens with zero attached hydrogens (tertiary/aromatic N) is 1. The number of para-hydroxylation sites is 1. The average molecular weight is 302 g/mol. The Hall–Kier alpha value is -1.76. The molecule has 1 aromatic carbocycles. The van der Waals surface area contributed by atoms with Gasteiger partial charge in [-0.1, -0.05) is 12.1 Å². The number of halogens is 3. The Kier molecular flexibility index (Phi) is 4.72. The number of ether oxygens (including phenoxy) is 1. The van der Waals surface area contributed by atoms with Gasteiger partial charge in [0.25, 0.3) is 5.91 Å².